The average Bonchev–Trinajstić information content (AvgIpc) is 3.61. The number of ether oxygens (including phenoxy) is 1. The van der Waals surface area contributed by atoms with Gasteiger partial charge in [-0.2, -0.15) is 20.4 Å². The summed E-state index contributed by atoms with van der Waals surface area (Å²) in [5.74, 6) is 0. The summed E-state index contributed by atoms with van der Waals surface area (Å²) in [5.41, 5.74) is 4.20. The monoisotopic (exact) mass is 498 g/mol. The first-order chi connectivity index (χ1) is 18.0. The molecule has 5 aromatic heterocycles. The molecule has 0 amide bonds. The highest BCUT2D eigenvalue weighted by atomic mass is 16.5. The van der Waals surface area contributed by atoms with E-state index in [9.17, 15) is 10.1 Å². The van der Waals surface area contributed by atoms with Crippen molar-refractivity contribution in [3.05, 3.63) is 46.9 Å². The first-order valence-corrected chi connectivity index (χ1v) is 12.4. The molecule has 1 aliphatic heterocycles. The molecule has 6 rings (SSSR count). The smallest absolute Gasteiger partial charge is 0.349 e. The van der Waals surface area contributed by atoms with Crippen LogP contribution in [0.4, 0.5) is 0 Å². The molecule has 11 heteroatoms. The van der Waals surface area contributed by atoms with Crippen LogP contribution < -0.4 is 5.69 Å². The number of aryl methyl sites for hydroxylation is 2. The van der Waals surface area contributed by atoms with Gasteiger partial charge in [-0.05, 0) is 19.3 Å². The molecule has 37 heavy (non-hydrogen) atoms. The van der Waals surface area contributed by atoms with Crippen LogP contribution in [0.5, 0.6) is 0 Å². The Balaban J connectivity index is 1.67. The van der Waals surface area contributed by atoms with Crippen molar-refractivity contribution in [1.82, 2.24) is 34.1 Å². The molecule has 0 spiro atoms. The fourth-order valence-electron chi connectivity index (χ4n) is 5.23. The number of nitriles is 1. The highest BCUT2D eigenvalue weighted by Gasteiger charge is 2.30. The Morgan fingerprint density at radius 3 is 2.49 bits per heavy atom. The van der Waals surface area contributed by atoms with E-state index in [0.29, 0.717) is 69.7 Å². The van der Waals surface area contributed by atoms with Crippen molar-refractivity contribution in [3.8, 4) is 28.6 Å². The van der Waals surface area contributed by atoms with Gasteiger partial charge < -0.3 is 9.15 Å². The van der Waals surface area contributed by atoms with Crippen molar-refractivity contribution in [2.45, 2.75) is 44.8 Å². The third-order valence-electron chi connectivity index (χ3n) is 6.90. The molecular weight excluding hydrogens is 472 g/mol. The largest absolute Gasteiger partial charge is 0.450 e. The maximum absolute atomic E-state index is 13.7. The van der Waals surface area contributed by atoms with E-state index in [0.717, 1.165) is 12.8 Å². The summed E-state index contributed by atoms with van der Waals surface area (Å²) < 4.78 is 17.3. The summed E-state index contributed by atoms with van der Waals surface area (Å²) in [6, 6.07) is 3.79. The average molecular weight is 499 g/mol. The number of nitrogens with zero attached hydrogens (tertiary/aromatic N) is 8. The Morgan fingerprint density at radius 1 is 1.11 bits per heavy atom. The quantitative estimate of drug-likeness (QED) is 0.358. The summed E-state index contributed by atoms with van der Waals surface area (Å²) in [5, 5.41) is 18.4. The van der Waals surface area contributed by atoms with Crippen LogP contribution in [-0.2, 0) is 18.8 Å². The molecule has 0 radical (unpaired) electrons. The second-order valence-corrected chi connectivity index (χ2v) is 9.50. The molecule has 0 N–H and O–H groups in total. The van der Waals surface area contributed by atoms with Crippen molar-refractivity contribution in [2.75, 3.05) is 6.61 Å². The fraction of sp³-hybridized carbons (Fsp3) is 0.385. The van der Waals surface area contributed by atoms with Crippen molar-refractivity contribution in [1.29, 1.82) is 5.26 Å². The number of pyridine rings is 1. The second kappa shape index (κ2) is 8.97. The molecule has 1 aliphatic rings. The highest BCUT2D eigenvalue weighted by Crippen LogP contribution is 2.38. The van der Waals surface area contributed by atoms with Crippen LogP contribution in [0, 0.1) is 11.3 Å². The van der Waals surface area contributed by atoms with E-state index in [1.165, 1.54) is 0 Å². The molecule has 1 saturated heterocycles. The molecule has 0 saturated carbocycles. The maximum Gasteiger partial charge on any atom is 0.349 e. The van der Waals surface area contributed by atoms with Gasteiger partial charge in [-0.1, -0.05) is 13.3 Å². The van der Waals surface area contributed by atoms with E-state index >= 15 is 0 Å². The van der Waals surface area contributed by atoms with Gasteiger partial charge >= 0.3 is 5.69 Å². The molecular formula is C26H26N8O3. The van der Waals surface area contributed by atoms with E-state index in [-0.39, 0.29) is 17.8 Å². The molecule has 0 unspecified atom stereocenters. The topological polar surface area (TPSA) is 130 Å². The minimum atomic E-state index is -0.370. The number of hydrogen-bond acceptors (Lipinski definition) is 8. The third-order valence-corrected chi connectivity index (χ3v) is 6.90. The Bertz CT molecular complexity index is 1730. The Morgan fingerprint density at radius 2 is 1.84 bits per heavy atom. The van der Waals surface area contributed by atoms with Gasteiger partial charge in [0.15, 0.2) is 11.2 Å². The van der Waals surface area contributed by atoms with E-state index in [4.69, 9.17) is 14.1 Å². The summed E-state index contributed by atoms with van der Waals surface area (Å²) >= 11 is 0. The summed E-state index contributed by atoms with van der Waals surface area (Å²) in [6.45, 7) is 2.69. The third kappa shape index (κ3) is 3.90. The zero-order chi connectivity index (χ0) is 25.7. The van der Waals surface area contributed by atoms with Crippen molar-refractivity contribution < 1.29 is 9.15 Å². The van der Waals surface area contributed by atoms with Gasteiger partial charge in [0, 0.05) is 56.3 Å². The fourth-order valence-corrected chi connectivity index (χ4v) is 5.23. The molecule has 2 atom stereocenters. The van der Waals surface area contributed by atoms with Crippen LogP contribution in [0.1, 0.15) is 44.2 Å². The second-order valence-electron chi connectivity index (χ2n) is 9.50. The zero-order valence-corrected chi connectivity index (χ0v) is 20.9. The lowest BCUT2D eigenvalue weighted by molar-refractivity contribution is -0.0101. The van der Waals surface area contributed by atoms with Crippen LogP contribution >= 0.6 is 0 Å². The SMILES string of the molecule is CCC[C@H]1C[C@@H](n2c(=O)nc(-c3cnn(C)c3)c3oc4cc(C#N)c(-c5cnn(C)c5)nc4c32)CCO1. The van der Waals surface area contributed by atoms with Crippen molar-refractivity contribution in [2.24, 2.45) is 14.1 Å². The summed E-state index contributed by atoms with van der Waals surface area (Å²) in [4.78, 5) is 23.0. The van der Waals surface area contributed by atoms with Gasteiger partial charge in [0.2, 0.25) is 0 Å². The molecule has 5 aromatic rings. The highest BCUT2D eigenvalue weighted by molar-refractivity contribution is 6.05. The van der Waals surface area contributed by atoms with Crippen molar-refractivity contribution >= 4 is 22.2 Å². The number of furan rings is 1. The predicted octanol–water partition coefficient (Wildman–Crippen LogP) is 3.73. The lowest BCUT2D eigenvalue weighted by atomic mass is 9.99. The first-order valence-electron chi connectivity index (χ1n) is 12.4. The molecule has 0 bridgehead atoms. The van der Waals surface area contributed by atoms with E-state index in [1.54, 1.807) is 51.8 Å². The number of hydrogen-bond donors (Lipinski definition) is 0. The molecule has 0 aromatic carbocycles. The Labute approximate surface area is 211 Å². The van der Waals surface area contributed by atoms with Gasteiger partial charge in [-0.15, -0.1) is 0 Å². The Hall–Kier alpha value is -4.30. The number of aromatic nitrogens is 7. The minimum absolute atomic E-state index is 0.0750. The van der Waals surface area contributed by atoms with Gasteiger partial charge in [-0.25, -0.2) is 9.78 Å². The van der Waals surface area contributed by atoms with Gasteiger partial charge in [0.25, 0.3) is 0 Å². The predicted molar refractivity (Wildman–Crippen MR) is 136 cm³/mol. The molecule has 1 fully saturated rings. The normalized spacial score (nSPS) is 18.0. The molecule has 11 nitrogen and oxygen atoms in total. The Kier molecular flexibility index (Phi) is 5.61. The maximum atomic E-state index is 13.7. The van der Waals surface area contributed by atoms with E-state index < -0.39 is 0 Å². The lowest BCUT2D eigenvalue weighted by Crippen LogP contribution is -2.34. The molecule has 6 heterocycles. The first kappa shape index (κ1) is 23.1. The van der Waals surface area contributed by atoms with Gasteiger partial charge in [0.05, 0.1) is 29.8 Å². The van der Waals surface area contributed by atoms with Gasteiger partial charge in [-0.3, -0.25) is 13.9 Å². The van der Waals surface area contributed by atoms with Gasteiger partial charge in [0.1, 0.15) is 22.8 Å². The van der Waals surface area contributed by atoms with E-state index in [1.807, 2.05) is 7.05 Å². The lowest BCUT2D eigenvalue weighted by Gasteiger charge is -2.30. The molecule has 188 valence electrons. The summed E-state index contributed by atoms with van der Waals surface area (Å²) in [7, 11) is 3.61. The van der Waals surface area contributed by atoms with Crippen LogP contribution in [-0.4, -0.2) is 46.8 Å². The van der Waals surface area contributed by atoms with Crippen LogP contribution in [0.15, 0.2) is 40.1 Å². The minimum Gasteiger partial charge on any atom is -0.450 e. The standard InChI is InChI=1S/C26H26N8O3/c1-4-5-19-9-18(6-7-36-19)34-24-23-20(8-15(10-27)21(30-23)16-11-28-32(2)13-16)37-25(24)22(31-26(34)35)17-12-29-33(3)14-17/h8,11-14,18-19H,4-7,9H2,1-3H3/t18-,19-/m0/s1. The number of rotatable bonds is 5. The molecule has 0 aliphatic carbocycles. The van der Waals surface area contributed by atoms with Crippen LogP contribution in [0.25, 0.3) is 44.7 Å². The van der Waals surface area contributed by atoms with Crippen molar-refractivity contribution in [3.63, 3.8) is 0 Å². The van der Waals surface area contributed by atoms with Crippen LogP contribution in [0.2, 0.25) is 0 Å². The zero-order valence-electron chi connectivity index (χ0n) is 20.9. The summed E-state index contributed by atoms with van der Waals surface area (Å²) in [6.07, 6.45) is 10.3. The van der Waals surface area contributed by atoms with E-state index in [2.05, 4.69) is 28.2 Å². The van der Waals surface area contributed by atoms with Crippen LogP contribution in [0.3, 0.4) is 0 Å². The number of fused-ring (bicyclic) bond motifs is 3.